The van der Waals surface area contributed by atoms with Crippen molar-refractivity contribution in [2.24, 2.45) is 0 Å². The molecule has 0 N–H and O–H groups in total. The first-order chi connectivity index (χ1) is 10.7. The van der Waals surface area contributed by atoms with Crippen molar-refractivity contribution in [2.45, 2.75) is 13.8 Å². The number of hydrogen-bond donors (Lipinski definition) is 0. The van der Waals surface area contributed by atoms with E-state index in [-0.39, 0.29) is 0 Å². The number of nitrogens with zero attached hydrogens (tertiary/aromatic N) is 5. The topological polar surface area (TPSA) is 45.2 Å². The van der Waals surface area contributed by atoms with Gasteiger partial charge in [-0.2, -0.15) is 0 Å². The lowest BCUT2D eigenvalue weighted by Crippen LogP contribution is -2.46. The molecule has 0 radical (unpaired) electrons. The molecule has 22 heavy (non-hydrogen) atoms. The van der Waals surface area contributed by atoms with Gasteiger partial charge in [-0.3, -0.25) is 0 Å². The number of piperazine rings is 1. The zero-order valence-electron chi connectivity index (χ0n) is 12.6. The number of rotatable bonds is 2. The summed E-state index contributed by atoms with van der Waals surface area (Å²) in [5, 5.41) is 4.38. The van der Waals surface area contributed by atoms with E-state index < -0.39 is 0 Å². The third-order valence-electron chi connectivity index (χ3n) is 4.21. The highest BCUT2D eigenvalue weighted by atomic mass is 32.1. The highest BCUT2D eigenvalue weighted by Gasteiger charge is 2.22. The minimum Gasteiger partial charge on any atom is -0.352 e. The van der Waals surface area contributed by atoms with Crippen LogP contribution in [0.15, 0.2) is 17.9 Å². The van der Waals surface area contributed by atoms with Gasteiger partial charge < -0.3 is 9.80 Å². The first-order valence-corrected chi connectivity index (χ1v) is 9.04. The molecule has 0 aromatic carbocycles. The Hall–Kier alpha value is -1.73. The Morgan fingerprint density at radius 1 is 1.00 bits per heavy atom. The monoisotopic (exact) mass is 331 g/mol. The lowest BCUT2D eigenvalue weighted by Gasteiger charge is -2.35. The van der Waals surface area contributed by atoms with Gasteiger partial charge >= 0.3 is 0 Å². The summed E-state index contributed by atoms with van der Waals surface area (Å²) in [5.74, 6) is 1.09. The molecule has 0 bridgehead atoms. The van der Waals surface area contributed by atoms with Crippen LogP contribution in [-0.4, -0.2) is 41.1 Å². The van der Waals surface area contributed by atoms with E-state index in [1.807, 2.05) is 11.6 Å². The Morgan fingerprint density at radius 2 is 1.77 bits per heavy atom. The van der Waals surface area contributed by atoms with Crippen LogP contribution in [0.2, 0.25) is 0 Å². The number of aromatic nitrogens is 3. The van der Waals surface area contributed by atoms with Crippen molar-refractivity contribution in [1.29, 1.82) is 0 Å². The summed E-state index contributed by atoms with van der Waals surface area (Å²) in [7, 11) is 0. The third kappa shape index (κ3) is 2.24. The molecule has 0 atom stereocenters. The van der Waals surface area contributed by atoms with Gasteiger partial charge in [0.05, 0.1) is 5.39 Å². The SMILES string of the molecule is Cc1sc2ncnc(N3CCN(c4nccs4)CC3)c2c1C. The summed E-state index contributed by atoms with van der Waals surface area (Å²) in [6.07, 6.45) is 3.57. The van der Waals surface area contributed by atoms with Crippen molar-refractivity contribution in [3.05, 3.63) is 28.3 Å². The number of aryl methyl sites for hydroxylation is 2. The number of anilines is 2. The molecule has 0 saturated carbocycles. The standard InChI is InChI=1S/C15H17N5S2/c1-10-11(2)22-14-12(10)13(17-9-18-14)19-4-6-20(7-5-19)15-16-3-8-21-15/h3,8-9H,4-7H2,1-2H3. The maximum atomic E-state index is 4.58. The lowest BCUT2D eigenvalue weighted by molar-refractivity contribution is 0.647. The average molecular weight is 331 g/mol. The Morgan fingerprint density at radius 3 is 2.50 bits per heavy atom. The van der Waals surface area contributed by atoms with E-state index in [9.17, 15) is 0 Å². The Balaban J connectivity index is 1.61. The number of fused-ring (bicyclic) bond motifs is 1. The molecule has 7 heteroatoms. The molecule has 0 spiro atoms. The fourth-order valence-electron chi connectivity index (χ4n) is 2.89. The van der Waals surface area contributed by atoms with Crippen LogP contribution in [0.1, 0.15) is 10.4 Å². The van der Waals surface area contributed by atoms with Crippen LogP contribution in [0.3, 0.4) is 0 Å². The fourth-order valence-corrected chi connectivity index (χ4v) is 4.57. The molecule has 0 unspecified atom stereocenters. The van der Waals surface area contributed by atoms with Gasteiger partial charge in [0.1, 0.15) is 17.0 Å². The third-order valence-corrected chi connectivity index (χ3v) is 6.16. The maximum Gasteiger partial charge on any atom is 0.185 e. The van der Waals surface area contributed by atoms with E-state index in [0.29, 0.717) is 0 Å². The van der Waals surface area contributed by atoms with Gasteiger partial charge in [0.25, 0.3) is 0 Å². The minimum atomic E-state index is 0.972. The van der Waals surface area contributed by atoms with Gasteiger partial charge in [-0.15, -0.1) is 22.7 Å². The highest BCUT2D eigenvalue weighted by Crippen LogP contribution is 2.34. The molecule has 5 nitrogen and oxygen atoms in total. The molecule has 114 valence electrons. The van der Waals surface area contributed by atoms with Gasteiger partial charge in [0.15, 0.2) is 5.13 Å². The summed E-state index contributed by atoms with van der Waals surface area (Å²) in [4.78, 5) is 20.6. The van der Waals surface area contributed by atoms with Crippen molar-refractivity contribution in [2.75, 3.05) is 36.0 Å². The smallest absolute Gasteiger partial charge is 0.185 e. The van der Waals surface area contributed by atoms with E-state index in [1.54, 1.807) is 29.0 Å². The zero-order valence-corrected chi connectivity index (χ0v) is 14.2. The van der Waals surface area contributed by atoms with Crippen LogP contribution in [0.25, 0.3) is 10.2 Å². The molecule has 1 aliphatic rings. The van der Waals surface area contributed by atoms with Crippen LogP contribution < -0.4 is 9.80 Å². The second-order valence-electron chi connectivity index (χ2n) is 5.45. The molecule has 1 aliphatic heterocycles. The van der Waals surface area contributed by atoms with Crippen LogP contribution in [0.5, 0.6) is 0 Å². The molecule has 3 aromatic rings. The Labute approximate surface area is 137 Å². The summed E-state index contributed by atoms with van der Waals surface area (Å²) >= 11 is 3.47. The molecule has 1 fully saturated rings. The van der Waals surface area contributed by atoms with Gasteiger partial charge in [0.2, 0.25) is 0 Å². The molecule has 1 saturated heterocycles. The molecular formula is C15H17N5S2. The summed E-state index contributed by atoms with van der Waals surface area (Å²) in [6.45, 7) is 8.25. The maximum absolute atomic E-state index is 4.58. The summed E-state index contributed by atoms with van der Waals surface area (Å²) in [6, 6.07) is 0. The molecule has 3 aromatic heterocycles. The molecular weight excluding hydrogens is 314 g/mol. The first-order valence-electron chi connectivity index (χ1n) is 7.34. The second kappa shape index (κ2) is 5.48. The van der Waals surface area contributed by atoms with Gasteiger partial charge in [-0.1, -0.05) is 0 Å². The summed E-state index contributed by atoms with van der Waals surface area (Å²) < 4.78 is 0. The van der Waals surface area contributed by atoms with E-state index in [1.165, 1.54) is 15.8 Å². The number of hydrogen-bond acceptors (Lipinski definition) is 7. The predicted molar refractivity (Wildman–Crippen MR) is 93.4 cm³/mol. The molecule has 0 amide bonds. The van der Waals surface area contributed by atoms with Gasteiger partial charge in [0, 0.05) is 42.6 Å². The van der Waals surface area contributed by atoms with Gasteiger partial charge in [-0.25, -0.2) is 15.0 Å². The van der Waals surface area contributed by atoms with E-state index in [4.69, 9.17) is 0 Å². The molecule has 4 rings (SSSR count). The van der Waals surface area contributed by atoms with Crippen molar-refractivity contribution in [3.63, 3.8) is 0 Å². The predicted octanol–water partition coefficient (Wildman–Crippen LogP) is 3.09. The van der Waals surface area contributed by atoms with Gasteiger partial charge in [-0.05, 0) is 19.4 Å². The quantitative estimate of drug-likeness (QED) is 0.722. The summed E-state index contributed by atoms with van der Waals surface area (Å²) in [5.41, 5.74) is 1.32. The average Bonchev–Trinajstić information content (AvgIpc) is 3.17. The fraction of sp³-hybridized carbons (Fsp3) is 0.400. The van der Waals surface area contributed by atoms with E-state index in [0.717, 1.165) is 42.0 Å². The highest BCUT2D eigenvalue weighted by molar-refractivity contribution is 7.18. The Kier molecular flexibility index (Phi) is 3.46. The largest absolute Gasteiger partial charge is 0.352 e. The van der Waals surface area contributed by atoms with E-state index in [2.05, 4.69) is 38.6 Å². The second-order valence-corrected chi connectivity index (χ2v) is 7.53. The van der Waals surface area contributed by atoms with Crippen molar-refractivity contribution >= 4 is 43.8 Å². The zero-order chi connectivity index (χ0) is 15.1. The number of thiophene rings is 1. The van der Waals surface area contributed by atoms with Crippen molar-refractivity contribution < 1.29 is 0 Å². The number of thiazole rings is 1. The van der Waals surface area contributed by atoms with Crippen LogP contribution >= 0.6 is 22.7 Å². The van der Waals surface area contributed by atoms with E-state index >= 15 is 0 Å². The van der Waals surface area contributed by atoms with Crippen LogP contribution in [0, 0.1) is 13.8 Å². The molecule has 0 aliphatic carbocycles. The molecule has 4 heterocycles. The van der Waals surface area contributed by atoms with Crippen LogP contribution in [0.4, 0.5) is 10.9 Å². The lowest BCUT2D eigenvalue weighted by atomic mass is 10.2. The minimum absolute atomic E-state index is 0.972. The normalized spacial score (nSPS) is 15.7. The Bertz CT molecular complexity index is 788. The van der Waals surface area contributed by atoms with Crippen LogP contribution in [-0.2, 0) is 0 Å². The van der Waals surface area contributed by atoms with Crippen molar-refractivity contribution in [3.8, 4) is 0 Å². The first kappa shape index (κ1) is 13.9. The van der Waals surface area contributed by atoms with Crippen molar-refractivity contribution in [1.82, 2.24) is 15.0 Å².